The number of likely N-dealkylation sites (tertiary alicyclic amines) is 1. The molecule has 0 bridgehead atoms. The highest BCUT2D eigenvalue weighted by atomic mass is 16.6. The van der Waals surface area contributed by atoms with Crippen molar-refractivity contribution in [2.75, 3.05) is 13.2 Å². The summed E-state index contributed by atoms with van der Waals surface area (Å²) in [7, 11) is 0. The summed E-state index contributed by atoms with van der Waals surface area (Å²) < 4.78 is 10.8. The van der Waals surface area contributed by atoms with E-state index in [0.717, 1.165) is 11.1 Å². The van der Waals surface area contributed by atoms with Gasteiger partial charge in [-0.2, -0.15) is 0 Å². The third kappa shape index (κ3) is 9.09. The van der Waals surface area contributed by atoms with Gasteiger partial charge in [0.2, 0.25) is 5.91 Å². The second-order valence-electron chi connectivity index (χ2n) is 10.2. The molecular weight excluding hydrogens is 474 g/mol. The molecule has 0 saturated carbocycles. The maximum Gasteiger partial charge on any atom is 0.410 e. The highest BCUT2D eigenvalue weighted by Gasteiger charge is 2.37. The van der Waals surface area contributed by atoms with Gasteiger partial charge >= 0.3 is 12.2 Å². The number of amides is 3. The van der Waals surface area contributed by atoms with E-state index in [2.05, 4.69) is 10.6 Å². The SMILES string of the molecule is CC(C)(C)OC(=O)N[C@@H](CCc1ccccc1)C(=O)N[C@H]1C[C@@H](CO)N(C(=O)OCc2ccccc2)C1. The number of carbonyl (C=O) groups excluding carboxylic acids is 3. The van der Waals surface area contributed by atoms with E-state index in [9.17, 15) is 19.5 Å². The summed E-state index contributed by atoms with van der Waals surface area (Å²) in [5.74, 6) is -0.372. The van der Waals surface area contributed by atoms with Crippen LogP contribution in [0.3, 0.4) is 0 Å². The van der Waals surface area contributed by atoms with Crippen molar-refractivity contribution in [1.29, 1.82) is 0 Å². The number of benzene rings is 2. The Bertz CT molecular complexity index is 1030. The molecule has 9 nitrogen and oxygen atoms in total. The number of alkyl carbamates (subject to hydrolysis) is 1. The zero-order chi connectivity index (χ0) is 26.8. The molecule has 3 N–H and O–H groups in total. The molecule has 0 aliphatic carbocycles. The van der Waals surface area contributed by atoms with Gasteiger partial charge in [0, 0.05) is 12.6 Å². The number of aryl methyl sites for hydroxylation is 1. The lowest BCUT2D eigenvalue weighted by atomic mass is 10.0. The van der Waals surface area contributed by atoms with Crippen LogP contribution in [0.1, 0.15) is 44.7 Å². The highest BCUT2D eigenvalue weighted by Crippen LogP contribution is 2.20. The monoisotopic (exact) mass is 511 g/mol. The van der Waals surface area contributed by atoms with Crippen LogP contribution in [0, 0.1) is 0 Å². The first-order chi connectivity index (χ1) is 17.6. The smallest absolute Gasteiger partial charge is 0.410 e. The third-order valence-corrected chi connectivity index (χ3v) is 5.98. The van der Waals surface area contributed by atoms with Crippen LogP contribution in [0.25, 0.3) is 0 Å². The molecule has 1 heterocycles. The fourth-order valence-corrected chi connectivity index (χ4v) is 4.20. The molecule has 1 fully saturated rings. The van der Waals surface area contributed by atoms with Gasteiger partial charge in [-0.1, -0.05) is 60.7 Å². The third-order valence-electron chi connectivity index (χ3n) is 5.98. The predicted molar refractivity (Wildman–Crippen MR) is 139 cm³/mol. The number of ether oxygens (including phenoxy) is 2. The Morgan fingerprint density at radius 2 is 1.65 bits per heavy atom. The zero-order valence-corrected chi connectivity index (χ0v) is 21.7. The molecule has 0 radical (unpaired) electrons. The summed E-state index contributed by atoms with van der Waals surface area (Å²) in [5, 5.41) is 15.5. The first-order valence-electron chi connectivity index (χ1n) is 12.6. The van der Waals surface area contributed by atoms with Gasteiger partial charge in [-0.15, -0.1) is 0 Å². The average molecular weight is 512 g/mol. The maximum absolute atomic E-state index is 13.2. The van der Waals surface area contributed by atoms with Gasteiger partial charge in [0.25, 0.3) is 0 Å². The lowest BCUT2D eigenvalue weighted by Crippen LogP contribution is -2.51. The minimum absolute atomic E-state index is 0.118. The number of nitrogens with zero attached hydrogens (tertiary/aromatic N) is 1. The van der Waals surface area contributed by atoms with Crippen molar-refractivity contribution >= 4 is 18.1 Å². The largest absolute Gasteiger partial charge is 0.445 e. The number of nitrogens with one attached hydrogen (secondary N) is 2. The summed E-state index contributed by atoms with van der Waals surface area (Å²) in [6.45, 7) is 5.33. The van der Waals surface area contributed by atoms with Crippen LogP contribution in [0.15, 0.2) is 60.7 Å². The van der Waals surface area contributed by atoms with Crippen molar-refractivity contribution in [2.45, 2.75) is 70.4 Å². The standard InChI is InChI=1S/C28H37N3O6/c1-28(2,3)37-26(34)30-24(15-14-20-10-6-4-7-11-20)25(33)29-22-16-23(18-32)31(17-22)27(35)36-19-21-12-8-5-9-13-21/h4-13,22-24,32H,14-19H2,1-3H3,(H,29,33)(H,30,34)/t22-,23-,24-/m0/s1. The molecule has 3 atom stereocenters. The molecule has 3 amide bonds. The molecule has 0 unspecified atom stereocenters. The van der Waals surface area contributed by atoms with Gasteiger partial charge in [0.15, 0.2) is 0 Å². The number of hydrogen-bond acceptors (Lipinski definition) is 6. The maximum atomic E-state index is 13.2. The van der Waals surface area contributed by atoms with E-state index in [1.807, 2.05) is 60.7 Å². The van der Waals surface area contributed by atoms with Crippen LogP contribution < -0.4 is 10.6 Å². The molecule has 0 aromatic heterocycles. The Kier molecular flexibility index (Phi) is 9.91. The second-order valence-corrected chi connectivity index (χ2v) is 10.2. The highest BCUT2D eigenvalue weighted by molar-refractivity contribution is 5.86. The number of carbonyl (C=O) groups is 3. The normalized spacial score (nSPS) is 18.1. The summed E-state index contributed by atoms with van der Waals surface area (Å²) in [4.78, 5) is 39.8. The van der Waals surface area contributed by atoms with Crippen LogP contribution in [0.4, 0.5) is 9.59 Å². The van der Waals surface area contributed by atoms with Crippen molar-refractivity contribution in [1.82, 2.24) is 15.5 Å². The van der Waals surface area contributed by atoms with Crippen LogP contribution >= 0.6 is 0 Å². The van der Waals surface area contributed by atoms with Crippen molar-refractivity contribution < 1.29 is 29.0 Å². The second kappa shape index (κ2) is 13.1. The summed E-state index contributed by atoms with van der Waals surface area (Å²) in [6, 6.07) is 17.3. The van der Waals surface area contributed by atoms with E-state index in [1.54, 1.807) is 20.8 Å². The molecule has 200 valence electrons. The summed E-state index contributed by atoms with van der Waals surface area (Å²) in [5.41, 5.74) is 1.19. The lowest BCUT2D eigenvalue weighted by molar-refractivity contribution is -0.124. The van der Waals surface area contributed by atoms with E-state index >= 15 is 0 Å². The first kappa shape index (κ1) is 28.0. The average Bonchev–Trinajstić information content (AvgIpc) is 3.28. The van der Waals surface area contributed by atoms with Gasteiger partial charge in [0.1, 0.15) is 18.2 Å². The Morgan fingerprint density at radius 3 is 2.24 bits per heavy atom. The number of aliphatic hydroxyl groups excluding tert-OH is 1. The van der Waals surface area contributed by atoms with Gasteiger partial charge in [-0.3, -0.25) is 4.79 Å². The summed E-state index contributed by atoms with van der Waals surface area (Å²) in [6.07, 6.45) is 0.101. The van der Waals surface area contributed by atoms with Crippen molar-refractivity contribution in [3.8, 4) is 0 Å². The van der Waals surface area contributed by atoms with E-state index in [0.29, 0.717) is 19.3 Å². The topological polar surface area (TPSA) is 117 Å². The fraction of sp³-hybridized carbons (Fsp3) is 0.464. The molecule has 1 aliphatic rings. The van der Waals surface area contributed by atoms with E-state index in [1.165, 1.54) is 4.90 Å². The first-order valence-corrected chi connectivity index (χ1v) is 12.6. The lowest BCUT2D eigenvalue weighted by Gasteiger charge is -2.24. The zero-order valence-electron chi connectivity index (χ0n) is 21.7. The van der Waals surface area contributed by atoms with E-state index in [4.69, 9.17) is 9.47 Å². The van der Waals surface area contributed by atoms with Crippen LogP contribution in [0.2, 0.25) is 0 Å². The number of hydrogen-bond donors (Lipinski definition) is 3. The van der Waals surface area contributed by atoms with E-state index in [-0.39, 0.29) is 25.7 Å². The molecule has 1 saturated heterocycles. The van der Waals surface area contributed by atoms with Crippen LogP contribution in [0.5, 0.6) is 0 Å². The Balaban J connectivity index is 1.60. The Hall–Kier alpha value is -3.59. The summed E-state index contributed by atoms with van der Waals surface area (Å²) >= 11 is 0. The quantitative estimate of drug-likeness (QED) is 0.475. The van der Waals surface area contributed by atoms with Crippen molar-refractivity contribution in [3.05, 3.63) is 71.8 Å². The minimum Gasteiger partial charge on any atom is -0.445 e. The molecular formula is C28H37N3O6. The molecule has 3 rings (SSSR count). The van der Waals surface area contributed by atoms with Crippen molar-refractivity contribution in [3.63, 3.8) is 0 Å². The molecule has 37 heavy (non-hydrogen) atoms. The number of aliphatic hydroxyl groups is 1. The molecule has 2 aromatic carbocycles. The van der Waals surface area contributed by atoms with Gasteiger partial charge in [-0.05, 0) is 51.2 Å². The molecule has 9 heteroatoms. The van der Waals surface area contributed by atoms with Gasteiger partial charge in [-0.25, -0.2) is 9.59 Å². The van der Waals surface area contributed by atoms with Crippen molar-refractivity contribution in [2.24, 2.45) is 0 Å². The van der Waals surface area contributed by atoms with Crippen LogP contribution in [-0.2, 0) is 27.3 Å². The number of rotatable bonds is 9. The molecule has 1 aliphatic heterocycles. The van der Waals surface area contributed by atoms with Gasteiger partial charge in [0.05, 0.1) is 12.6 Å². The molecule has 0 spiro atoms. The van der Waals surface area contributed by atoms with Crippen LogP contribution in [-0.4, -0.2) is 65.0 Å². The Morgan fingerprint density at radius 1 is 1.03 bits per heavy atom. The minimum atomic E-state index is -0.832. The predicted octanol–water partition coefficient (Wildman–Crippen LogP) is 3.40. The molecule has 2 aromatic rings. The fourth-order valence-electron chi connectivity index (χ4n) is 4.20. The Labute approximate surface area is 218 Å². The van der Waals surface area contributed by atoms with E-state index < -0.39 is 35.9 Å². The van der Waals surface area contributed by atoms with Gasteiger partial charge < -0.3 is 30.1 Å².